The molecule has 2 rings (SSSR count). The monoisotopic (exact) mass is 291 g/mol. The molecule has 1 heterocycles. The Morgan fingerprint density at radius 2 is 2.19 bits per heavy atom. The van der Waals surface area contributed by atoms with E-state index < -0.39 is 4.92 Å². The minimum atomic E-state index is -0.443. The van der Waals surface area contributed by atoms with Crippen LogP contribution in [-0.2, 0) is 13.2 Å². The molecule has 1 aromatic carbocycles. The summed E-state index contributed by atoms with van der Waals surface area (Å²) in [5, 5.41) is 17.9. The molecule has 0 aliphatic carbocycles. The lowest BCUT2D eigenvalue weighted by Crippen LogP contribution is -2.06. The predicted octanol–water partition coefficient (Wildman–Crippen LogP) is 2.50. The molecule has 0 amide bonds. The van der Waals surface area contributed by atoms with Gasteiger partial charge in [-0.2, -0.15) is 0 Å². The van der Waals surface area contributed by atoms with Gasteiger partial charge in [0.2, 0.25) is 0 Å². The molecule has 1 N–H and O–H groups in total. The van der Waals surface area contributed by atoms with E-state index in [0.717, 1.165) is 16.8 Å². The van der Waals surface area contributed by atoms with Gasteiger partial charge in [0, 0.05) is 12.6 Å². The molecule has 0 saturated carbocycles. The minimum absolute atomic E-state index is 0.0467. The number of nitro groups is 1. The Balaban J connectivity index is 2.21. The summed E-state index contributed by atoms with van der Waals surface area (Å²) in [5.74, 6) is 0.891. The highest BCUT2D eigenvalue weighted by Gasteiger charge is 2.17. The van der Waals surface area contributed by atoms with E-state index in [2.05, 4.69) is 10.5 Å². The Kier molecular flexibility index (Phi) is 4.54. The molecule has 1 aromatic heterocycles. The lowest BCUT2D eigenvalue weighted by Gasteiger charge is -2.08. The largest absolute Gasteiger partial charge is 0.482 e. The van der Waals surface area contributed by atoms with Crippen molar-refractivity contribution in [2.24, 2.45) is 0 Å². The second-order valence-electron chi connectivity index (χ2n) is 4.68. The van der Waals surface area contributed by atoms with Crippen LogP contribution in [0.2, 0.25) is 0 Å². The molecule has 112 valence electrons. The lowest BCUT2D eigenvalue weighted by atomic mass is 10.2. The molecule has 7 nitrogen and oxygen atoms in total. The van der Waals surface area contributed by atoms with Gasteiger partial charge in [-0.15, -0.1) is 0 Å². The standard InChI is InChI=1S/C14H17N3O4/c1-9-12(10(2)21-16-9)8-20-14-5-4-11(7-15-3)6-13(14)17(18)19/h4-6,15H,7-8H2,1-3H3. The van der Waals surface area contributed by atoms with Crippen molar-refractivity contribution in [1.29, 1.82) is 0 Å². The topological polar surface area (TPSA) is 90.4 Å². The van der Waals surface area contributed by atoms with E-state index in [9.17, 15) is 10.1 Å². The van der Waals surface area contributed by atoms with Gasteiger partial charge in [0.15, 0.2) is 5.75 Å². The van der Waals surface area contributed by atoms with Gasteiger partial charge in [0.1, 0.15) is 12.4 Å². The Bertz CT molecular complexity index is 632. The first-order valence-electron chi connectivity index (χ1n) is 6.49. The molecule has 0 aliphatic heterocycles. The summed E-state index contributed by atoms with van der Waals surface area (Å²) in [6.07, 6.45) is 0. The van der Waals surface area contributed by atoms with Crippen molar-refractivity contribution in [3.63, 3.8) is 0 Å². The normalized spacial score (nSPS) is 10.6. The zero-order chi connectivity index (χ0) is 15.4. The Labute approximate surface area is 122 Å². The van der Waals surface area contributed by atoms with Crippen LogP contribution >= 0.6 is 0 Å². The fourth-order valence-electron chi connectivity index (χ4n) is 2.00. The van der Waals surface area contributed by atoms with E-state index >= 15 is 0 Å². The average molecular weight is 291 g/mol. The van der Waals surface area contributed by atoms with Crippen LogP contribution < -0.4 is 10.1 Å². The number of aromatic nitrogens is 1. The van der Waals surface area contributed by atoms with E-state index in [0.29, 0.717) is 12.3 Å². The molecule has 21 heavy (non-hydrogen) atoms. The van der Waals surface area contributed by atoms with Crippen LogP contribution in [-0.4, -0.2) is 17.1 Å². The number of ether oxygens (including phenoxy) is 1. The smallest absolute Gasteiger partial charge is 0.311 e. The highest BCUT2D eigenvalue weighted by molar-refractivity contribution is 5.48. The Hall–Kier alpha value is -2.41. The van der Waals surface area contributed by atoms with Crippen molar-refractivity contribution in [2.45, 2.75) is 27.0 Å². The number of benzene rings is 1. The van der Waals surface area contributed by atoms with Gasteiger partial charge in [-0.1, -0.05) is 11.2 Å². The molecule has 0 aliphatic rings. The van der Waals surface area contributed by atoms with Gasteiger partial charge in [0.25, 0.3) is 0 Å². The van der Waals surface area contributed by atoms with Crippen LogP contribution in [0.25, 0.3) is 0 Å². The number of nitrogens with one attached hydrogen (secondary N) is 1. The van der Waals surface area contributed by atoms with Crippen LogP contribution in [0, 0.1) is 24.0 Å². The summed E-state index contributed by atoms with van der Waals surface area (Å²) in [6, 6.07) is 4.92. The number of rotatable bonds is 6. The van der Waals surface area contributed by atoms with E-state index in [1.165, 1.54) is 6.07 Å². The molecule has 0 atom stereocenters. The summed E-state index contributed by atoms with van der Waals surface area (Å²) in [7, 11) is 1.79. The van der Waals surface area contributed by atoms with Crippen molar-refractivity contribution in [3.05, 3.63) is 50.9 Å². The van der Waals surface area contributed by atoms with Crippen molar-refractivity contribution in [1.82, 2.24) is 10.5 Å². The zero-order valence-electron chi connectivity index (χ0n) is 12.2. The maximum absolute atomic E-state index is 11.1. The van der Waals surface area contributed by atoms with Crippen molar-refractivity contribution in [3.8, 4) is 5.75 Å². The molecule has 0 fully saturated rings. The van der Waals surface area contributed by atoms with Crippen LogP contribution in [0.5, 0.6) is 5.75 Å². The Morgan fingerprint density at radius 3 is 2.76 bits per heavy atom. The number of nitro benzene ring substituents is 1. The Morgan fingerprint density at radius 1 is 1.43 bits per heavy atom. The van der Waals surface area contributed by atoms with E-state index in [4.69, 9.17) is 9.26 Å². The van der Waals surface area contributed by atoms with Gasteiger partial charge >= 0.3 is 5.69 Å². The highest BCUT2D eigenvalue weighted by Crippen LogP contribution is 2.29. The number of hydrogen-bond acceptors (Lipinski definition) is 6. The maximum atomic E-state index is 11.1. The molecule has 7 heteroatoms. The number of aryl methyl sites for hydroxylation is 2. The fraction of sp³-hybridized carbons (Fsp3) is 0.357. The van der Waals surface area contributed by atoms with Crippen LogP contribution in [0.4, 0.5) is 5.69 Å². The third-order valence-corrected chi connectivity index (χ3v) is 3.15. The van der Waals surface area contributed by atoms with Crippen LogP contribution in [0.15, 0.2) is 22.7 Å². The summed E-state index contributed by atoms with van der Waals surface area (Å²) in [5.41, 5.74) is 2.31. The molecule has 0 spiro atoms. The third kappa shape index (κ3) is 3.38. The maximum Gasteiger partial charge on any atom is 0.311 e. The highest BCUT2D eigenvalue weighted by atomic mass is 16.6. The van der Waals surface area contributed by atoms with E-state index in [-0.39, 0.29) is 18.0 Å². The van der Waals surface area contributed by atoms with E-state index in [1.54, 1.807) is 33.0 Å². The SMILES string of the molecule is CNCc1ccc(OCc2c(C)noc2C)c([N+](=O)[O-])c1. The summed E-state index contributed by atoms with van der Waals surface area (Å²) < 4.78 is 10.6. The predicted molar refractivity (Wildman–Crippen MR) is 76.2 cm³/mol. The van der Waals surface area contributed by atoms with Crippen molar-refractivity contribution in [2.75, 3.05) is 7.05 Å². The van der Waals surface area contributed by atoms with Gasteiger partial charge in [-0.25, -0.2) is 0 Å². The molecule has 0 radical (unpaired) electrons. The van der Waals surface area contributed by atoms with Gasteiger partial charge < -0.3 is 14.6 Å². The van der Waals surface area contributed by atoms with Gasteiger partial charge in [-0.3, -0.25) is 10.1 Å². The summed E-state index contributed by atoms with van der Waals surface area (Å²) in [6.45, 7) is 4.33. The first-order valence-corrected chi connectivity index (χ1v) is 6.49. The third-order valence-electron chi connectivity index (χ3n) is 3.15. The van der Waals surface area contributed by atoms with E-state index in [1.807, 2.05) is 0 Å². The molecular weight excluding hydrogens is 274 g/mol. The molecule has 2 aromatic rings. The second kappa shape index (κ2) is 6.36. The number of hydrogen-bond donors (Lipinski definition) is 1. The van der Waals surface area contributed by atoms with Gasteiger partial charge in [-0.05, 0) is 32.5 Å². The summed E-state index contributed by atoms with van der Waals surface area (Å²) >= 11 is 0. The van der Waals surface area contributed by atoms with Crippen molar-refractivity contribution >= 4 is 5.69 Å². The minimum Gasteiger partial charge on any atom is -0.482 e. The first-order chi connectivity index (χ1) is 10.0. The van der Waals surface area contributed by atoms with Crippen LogP contribution in [0.1, 0.15) is 22.6 Å². The van der Waals surface area contributed by atoms with Gasteiger partial charge in [0.05, 0.1) is 16.2 Å². The average Bonchev–Trinajstić information content (AvgIpc) is 2.77. The zero-order valence-corrected chi connectivity index (χ0v) is 12.2. The first kappa shape index (κ1) is 15.0. The second-order valence-corrected chi connectivity index (χ2v) is 4.68. The lowest BCUT2D eigenvalue weighted by molar-refractivity contribution is -0.386. The fourth-order valence-corrected chi connectivity index (χ4v) is 2.00. The summed E-state index contributed by atoms with van der Waals surface area (Å²) in [4.78, 5) is 10.7. The number of nitrogens with zero attached hydrogens (tertiary/aromatic N) is 2. The molecule has 0 bridgehead atoms. The van der Waals surface area contributed by atoms with Crippen molar-refractivity contribution < 1.29 is 14.2 Å². The van der Waals surface area contributed by atoms with Crippen LogP contribution in [0.3, 0.4) is 0 Å². The molecule has 0 saturated heterocycles. The molecular formula is C14H17N3O4. The molecule has 0 unspecified atom stereocenters. The quantitative estimate of drug-likeness (QED) is 0.649.